The van der Waals surface area contributed by atoms with Gasteiger partial charge >= 0.3 is 12.3 Å². The standard InChI is InChI=1S/C14H23F4N3O/c15-13(16)14(17,18)9-20-4-6-21(7-5-20)12(22)10-2-1-3-11(19)8-10/h10-11,13H,1-9,19H2. The minimum absolute atomic E-state index is 0.0235. The van der Waals surface area contributed by atoms with Crippen LogP contribution in [-0.2, 0) is 4.79 Å². The number of hydrogen-bond acceptors (Lipinski definition) is 3. The van der Waals surface area contributed by atoms with E-state index in [-0.39, 0.29) is 31.0 Å². The molecule has 1 heterocycles. The first kappa shape index (κ1) is 17.5. The fraction of sp³-hybridized carbons (Fsp3) is 0.929. The van der Waals surface area contributed by atoms with E-state index in [1.54, 1.807) is 4.90 Å². The van der Waals surface area contributed by atoms with Crippen molar-refractivity contribution >= 4 is 5.91 Å². The van der Waals surface area contributed by atoms with Gasteiger partial charge < -0.3 is 10.6 Å². The largest absolute Gasteiger partial charge is 0.340 e. The van der Waals surface area contributed by atoms with Crippen molar-refractivity contribution in [3.05, 3.63) is 0 Å². The van der Waals surface area contributed by atoms with Crippen molar-refractivity contribution in [1.29, 1.82) is 0 Å². The zero-order chi connectivity index (χ0) is 16.3. The summed E-state index contributed by atoms with van der Waals surface area (Å²) >= 11 is 0. The Kier molecular flexibility index (Phi) is 5.65. The molecule has 4 nitrogen and oxygen atoms in total. The number of rotatable bonds is 4. The van der Waals surface area contributed by atoms with Crippen LogP contribution in [-0.4, -0.2) is 66.8 Å². The summed E-state index contributed by atoms with van der Waals surface area (Å²) in [6, 6.07) is 0.0497. The molecule has 0 radical (unpaired) electrons. The van der Waals surface area contributed by atoms with Crippen LogP contribution >= 0.6 is 0 Å². The Morgan fingerprint density at radius 1 is 1.18 bits per heavy atom. The SMILES string of the molecule is NC1CCCC(C(=O)N2CCN(CC(F)(F)C(F)F)CC2)C1. The van der Waals surface area contributed by atoms with Crippen molar-refractivity contribution in [2.24, 2.45) is 11.7 Å². The van der Waals surface area contributed by atoms with Crippen LogP contribution in [0, 0.1) is 5.92 Å². The van der Waals surface area contributed by atoms with Crippen LogP contribution in [0.1, 0.15) is 25.7 Å². The number of halogens is 4. The molecule has 2 rings (SSSR count). The molecular formula is C14H23F4N3O. The van der Waals surface area contributed by atoms with E-state index >= 15 is 0 Å². The van der Waals surface area contributed by atoms with E-state index in [0.29, 0.717) is 19.5 Å². The molecule has 1 saturated carbocycles. The monoisotopic (exact) mass is 325 g/mol. The maximum Gasteiger partial charge on any atom is 0.319 e. The first-order valence-electron chi connectivity index (χ1n) is 7.72. The zero-order valence-electron chi connectivity index (χ0n) is 12.5. The van der Waals surface area contributed by atoms with E-state index in [9.17, 15) is 22.4 Å². The number of amides is 1. The Morgan fingerprint density at radius 3 is 2.36 bits per heavy atom. The molecule has 128 valence electrons. The van der Waals surface area contributed by atoms with Crippen molar-refractivity contribution in [1.82, 2.24) is 9.80 Å². The number of nitrogens with zero attached hydrogens (tertiary/aromatic N) is 2. The van der Waals surface area contributed by atoms with Crippen LogP contribution in [0.3, 0.4) is 0 Å². The Labute approximate surface area is 127 Å². The molecule has 8 heteroatoms. The van der Waals surface area contributed by atoms with E-state index in [0.717, 1.165) is 19.3 Å². The number of hydrogen-bond donors (Lipinski definition) is 1. The van der Waals surface area contributed by atoms with Gasteiger partial charge in [-0.2, -0.15) is 8.78 Å². The Bertz CT molecular complexity index is 386. The van der Waals surface area contributed by atoms with E-state index in [1.807, 2.05) is 0 Å². The van der Waals surface area contributed by atoms with Crippen LogP contribution in [0.4, 0.5) is 17.6 Å². The number of alkyl halides is 4. The highest BCUT2D eigenvalue weighted by molar-refractivity contribution is 5.79. The van der Waals surface area contributed by atoms with Gasteiger partial charge in [-0.05, 0) is 19.3 Å². The minimum Gasteiger partial charge on any atom is -0.340 e. The summed E-state index contributed by atoms with van der Waals surface area (Å²) < 4.78 is 50.5. The fourth-order valence-electron chi connectivity index (χ4n) is 3.20. The predicted octanol–water partition coefficient (Wildman–Crippen LogP) is 1.55. The molecule has 0 spiro atoms. The van der Waals surface area contributed by atoms with Gasteiger partial charge in [0, 0.05) is 38.1 Å². The summed E-state index contributed by atoms with van der Waals surface area (Å²) in [5, 5.41) is 0. The second-order valence-electron chi connectivity index (χ2n) is 6.29. The highest BCUT2D eigenvalue weighted by Gasteiger charge is 2.43. The van der Waals surface area contributed by atoms with Crippen LogP contribution in [0.25, 0.3) is 0 Å². The van der Waals surface area contributed by atoms with Crippen molar-refractivity contribution in [3.8, 4) is 0 Å². The van der Waals surface area contributed by atoms with Gasteiger partial charge in [-0.3, -0.25) is 9.69 Å². The summed E-state index contributed by atoms with van der Waals surface area (Å²) in [7, 11) is 0. The van der Waals surface area contributed by atoms with Crippen molar-refractivity contribution in [2.75, 3.05) is 32.7 Å². The quantitative estimate of drug-likeness (QED) is 0.798. The van der Waals surface area contributed by atoms with Gasteiger partial charge in [0.25, 0.3) is 0 Å². The molecular weight excluding hydrogens is 302 g/mol. The molecule has 0 aromatic rings. The van der Waals surface area contributed by atoms with Gasteiger partial charge in [0.05, 0.1) is 6.54 Å². The van der Waals surface area contributed by atoms with E-state index in [1.165, 1.54) is 4.90 Å². The van der Waals surface area contributed by atoms with Crippen LogP contribution in [0.15, 0.2) is 0 Å². The number of nitrogens with two attached hydrogens (primary N) is 1. The molecule has 2 aliphatic rings. The first-order chi connectivity index (χ1) is 10.3. The summed E-state index contributed by atoms with van der Waals surface area (Å²) in [4.78, 5) is 15.3. The molecule has 0 aromatic heterocycles. The second-order valence-corrected chi connectivity index (χ2v) is 6.29. The normalized spacial score (nSPS) is 28.2. The molecule has 2 atom stereocenters. The molecule has 1 aliphatic carbocycles. The highest BCUT2D eigenvalue weighted by atomic mass is 19.3. The predicted molar refractivity (Wildman–Crippen MR) is 73.9 cm³/mol. The first-order valence-corrected chi connectivity index (χ1v) is 7.72. The van der Waals surface area contributed by atoms with Crippen molar-refractivity contribution in [2.45, 2.75) is 44.1 Å². The molecule has 2 fully saturated rings. The van der Waals surface area contributed by atoms with Gasteiger partial charge in [-0.15, -0.1) is 0 Å². The van der Waals surface area contributed by atoms with Gasteiger partial charge in [0.15, 0.2) is 0 Å². The summed E-state index contributed by atoms with van der Waals surface area (Å²) in [5.41, 5.74) is 5.88. The minimum atomic E-state index is -4.00. The van der Waals surface area contributed by atoms with Gasteiger partial charge in [0.1, 0.15) is 0 Å². The fourth-order valence-corrected chi connectivity index (χ4v) is 3.20. The molecule has 2 N–H and O–H groups in total. The average molecular weight is 325 g/mol. The van der Waals surface area contributed by atoms with E-state index in [2.05, 4.69) is 0 Å². The summed E-state index contributed by atoms with van der Waals surface area (Å²) in [6.45, 7) is 0.0639. The Hall–Kier alpha value is -0.890. The molecule has 22 heavy (non-hydrogen) atoms. The molecule has 1 saturated heterocycles. The molecule has 2 unspecified atom stereocenters. The Balaban J connectivity index is 1.80. The van der Waals surface area contributed by atoms with Crippen LogP contribution in [0.5, 0.6) is 0 Å². The third-order valence-corrected chi connectivity index (χ3v) is 4.50. The number of piperazine rings is 1. The van der Waals surface area contributed by atoms with Crippen LogP contribution < -0.4 is 5.73 Å². The molecule has 0 bridgehead atoms. The van der Waals surface area contributed by atoms with Crippen molar-refractivity contribution < 1.29 is 22.4 Å². The molecule has 0 aromatic carbocycles. The summed E-state index contributed by atoms with van der Waals surface area (Å²) in [5.74, 6) is -4.06. The lowest BCUT2D eigenvalue weighted by Gasteiger charge is -2.38. The lowest BCUT2D eigenvalue weighted by atomic mass is 9.85. The van der Waals surface area contributed by atoms with E-state index in [4.69, 9.17) is 5.73 Å². The average Bonchev–Trinajstić information content (AvgIpc) is 2.47. The lowest BCUT2D eigenvalue weighted by molar-refractivity contribution is -0.150. The second kappa shape index (κ2) is 7.12. The summed E-state index contributed by atoms with van der Waals surface area (Å²) in [6.07, 6.45) is -0.312. The zero-order valence-corrected chi connectivity index (χ0v) is 12.5. The smallest absolute Gasteiger partial charge is 0.319 e. The maximum absolute atomic E-state index is 13.0. The lowest BCUT2D eigenvalue weighted by Crippen LogP contribution is -2.54. The van der Waals surface area contributed by atoms with E-state index < -0.39 is 18.9 Å². The van der Waals surface area contributed by atoms with Crippen molar-refractivity contribution in [3.63, 3.8) is 0 Å². The number of carbonyl (C=O) groups excluding carboxylic acids is 1. The topological polar surface area (TPSA) is 49.6 Å². The highest BCUT2D eigenvalue weighted by Crippen LogP contribution is 2.27. The van der Waals surface area contributed by atoms with Gasteiger partial charge in [-0.1, -0.05) is 6.42 Å². The van der Waals surface area contributed by atoms with Gasteiger partial charge in [-0.25, -0.2) is 8.78 Å². The van der Waals surface area contributed by atoms with Gasteiger partial charge in [0.2, 0.25) is 5.91 Å². The third-order valence-electron chi connectivity index (χ3n) is 4.50. The number of carbonyl (C=O) groups is 1. The van der Waals surface area contributed by atoms with Crippen LogP contribution in [0.2, 0.25) is 0 Å². The maximum atomic E-state index is 13.0. The molecule has 1 amide bonds. The Morgan fingerprint density at radius 2 is 1.82 bits per heavy atom. The third kappa shape index (κ3) is 4.32. The molecule has 1 aliphatic heterocycles.